The second kappa shape index (κ2) is 9.18. The Kier molecular flexibility index (Phi) is 7.20. The van der Waals surface area contributed by atoms with Gasteiger partial charge in [0, 0.05) is 18.7 Å². The summed E-state index contributed by atoms with van der Waals surface area (Å²) in [6.45, 7) is 0.917. The summed E-state index contributed by atoms with van der Waals surface area (Å²) >= 11 is 0. The van der Waals surface area contributed by atoms with E-state index in [1.807, 2.05) is 0 Å². The van der Waals surface area contributed by atoms with Gasteiger partial charge in [-0.25, -0.2) is 13.1 Å². The number of amides is 1. The molecule has 9 heteroatoms. The highest BCUT2D eigenvalue weighted by Gasteiger charge is 2.20. The molecule has 1 unspecified atom stereocenters. The first-order chi connectivity index (χ1) is 12.5. The lowest BCUT2D eigenvalue weighted by Gasteiger charge is -2.12. The summed E-state index contributed by atoms with van der Waals surface area (Å²) < 4.78 is 32.6. The topological polar surface area (TPSA) is 111 Å². The van der Waals surface area contributed by atoms with Crippen molar-refractivity contribution in [3.8, 4) is 0 Å². The Hall–Kier alpha value is -2.13. The van der Waals surface area contributed by atoms with Crippen LogP contribution in [0, 0.1) is 0 Å². The van der Waals surface area contributed by atoms with Gasteiger partial charge in [-0.05, 0) is 49.2 Å². The van der Waals surface area contributed by atoms with Crippen LogP contribution in [0.5, 0.6) is 0 Å². The van der Waals surface area contributed by atoms with Crippen molar-refractivity contribution in [2.45, 2.75) is 23.8 Å². The normalized spacial score (nSPS) is 16.5. The number of anilines is 2. The monoisotopic (exact) mass is 411 g/mol. The fourth-order valence-electron chi connectivity index (χ4n) is 2.68. The Morgan fingerprint density at radius 3 is 2.48 bits per heavy atom. The summed E-state index contributed by atoms with van der Waals surface area (Å²) in [4.78, 5) is 12.4. The summed E-state index contributed by atoms with van der Waals surface area (Å²) in [5.41, 5.74) is 7.10. The first kappa shape index (κ1) is 21.2. The molecule has 1 aliphatic heterocycles. The minimum absolute atomic E-state index is 0. The Bertz CT molecular complexity index is 882. The van der Waals surface area contributed by atoms with Crippen molar-refractivity contribution < 1.29 is 17.9 Å². The van der Waals surface area contributed by atoms with Gasteiger partial charge in [0.2, 0.25) is 10.0 Å². The van der Waals surface area contributed by atoms with E-state index in [0.29, 0.717) is 23.5 Å². The van der Waals surface area contributed by atoms with Crippen LogP contribution in [-0.4, -0.2) is 33.6 Å². The van der Waals surface area contributed by atoms with Gasteiger partial charge in [-0.1, -0.05) is 12.1 Å². The number of rotatable bonds is 6. The molecule has 0 aromatic heterocycles. The number of hydrogen-bond acceptors (Lipinski definition) is 5. The number of halogens is 1. The van der Waals surface area contributed by atoms with Crippen LogP contribution >= 0.6 is 12.4 Å². The third-order valence-corrected chi connectivity index (χ3v) is 5.60. The molecule has 1 aliphatic rings. The lowest BCUT2D eigenvalue weighted by Crippen LogP contribution is -2.31. The highest BCUT2D eigenvalue weighted by Crippen LogP contribution is 2.19. The fraction of sp³-hybridized carbons (Fsp3) is 0.278. The van der Waals surface area contributed by atoms with Gasteiger partial charge >= 0.3 is 0 Å². The molecule has 0 saturated carbocycles. The van der Waals surface area contributed by atoms with Crippen molar-refractivity contribution in [2.75, 3.05) is 24.2 Å². The first-order valence-corrected chi connectivity index (χ1v) is 9.81. The zero-order chi connectivity index (χ0) is 18.6. The Labute approximate surface area is 164 Å². The van der Waals surface area contributed by atoms with Crippen LogP contribution in [0.15, 0.2) is 53.4 Å². The van der Waals surface area contributed by atoms with Crippen molar-refractivity contribution in [3.63, 3.8) is 0 Å². The van der Waals surface area contributed by atoms with Gasteiger partial charge in [0.25, 0.3) is 5.91 Å². The molecular weight excluding hydrogens is 390 g/mol. The Morgan fingerprint density at radius 2 is 1.85 bits per heavy atom. The maximum atomic E-state index is 12.3. The third kappa shape index (κ3) is 5.43. The molecule has 1 atom stereocenters. The predicted octanol–water partition coefficient (Wildman–Crippen LogP) is 2.40. The molecule has 0 spiro atoms. The van der Waals surface area contributed by atoms with Crippen LogP contribution in [0.2, 0.25) is 0 Å². The van der Waals surface area contributed by atoms with E-state index in [1.165, 1.54) is 24.3 Å². The van der Waals surface area contributed by atoms with Crippen molar-refractivity contribution in [2.24, 2.45) is 0 Å². The molecule has 27 heavy (non-hydrogen) atoms. The first-order valence-electron chi connectivity index (χ1n) is 8.33. The number of nitrogens with two attached hydrogens (primary N) is 1. The Balaban J connectivity index is 0.00000261. The van der Waals surface area contributed by atoms with E-state index < -0.39 is 10.0 Å². The number of carbonyl (C=O) groups is 1. The molecule has 2 aromatic rings. The smallest absolute Gasteiger partial charge is 0.255 e. The number of ether oxygens (including phenoxy) is 1. The molecule has 0 aliphatic carbocycles. The molecule has 7 nitrogen and oxygen atoms in total. The molecule has 0 bridgehead atoms. The van der Waals surface area contributed by atoms with Gasteiger partial charge in [-0.2, -0.15) is 0 Å². The molecule has 0 radical (unpaired) electrons. The van der Waals surface area contributed by atoms with E-state index in [9.17, 15) is 13.2 Å². The maximum Gasteiger partial charge on any atom is 0.255 e. The maximum absolute atomic E-state index is 12.3. The van der Waals surface area contributed by atoms with Gasteiger partial charge in [0.1, 0.15) is 0 Å². The molecule has 1 fully saturated rings. The van der Waals surface area contributed by atoms with E-state index in [2.05, 4.69) is 10.0 Å². The molecule has 4 N–H and O–H groups in total. The van der Waals surface area contributed by atoms with Gasteiger partial charge < -0.3 is 15.8 Å². The van der Waals surface area contributed by atoms with Gasteiger partial charge in [-0.3, -0.25) is 4.79 Å². The van der Waals surface area contributed by atoms with Crippen LogP contribution in [0.25, 0.3) is 0 Å². The summed E-state index contributed by atoms with van der Waals surface area (Å²) in [6.07, 6.45) is 1.72. The summed E-state index contributed by atoms with van der Waals surface area (Å²) in [6, 6.07) is 12.7. The molecule has 2 aromatic carbocycles. The second-order valence-electron chi connectivity index (χ2n) is 6.05. The van der Waals surface area contributed by atoms with Gasteiger partial charge in [0.15, 0.2) is 0 Å². The quantitative estimate of drug-likeness (QED) is 0.632. The van der Waals surface area contributed by atoms with Crippen LogP contribution in [0.3, 0.4) is 0 Å². The highest BCUT2D eigenvalue weighted by atomic mass is 35.5. The summed E-state index contributed by atoms with van der Waals surface area (Å²) in [5.74, 6) is -0.362. The number of carbonyl (C=O) groups excluding carboxylic acids is 1. The zero-order valence-electron chi connectivity index (χ0n) is 14.6. The number of hydrogen-bond donors (Lipinski definition) is 3. The number of benzene rings is 2. The van der Waals surface area contributed by atoms with Crippen LogP contribution in [-0.2, 0) is 14.8 Å². The average molecular weight is 412 g/mol. The van der Waals surface area contributed by atoms with E-state index in [4.69, 9.17) is 10.5 Å². The number of nitrogens with one attached hydrogen (secondary N) is 2. The van der Waals surface area contributed by atoms with E-state index >= 15 is 0 Å². The summed E-state index contributed by atoms with van der Waals surface area (Å²) in [5, 5.41) is 2.70. The van der Waals surface area contributed by atoms with Crippen molar-refractivity contribution in [1.82, 2.24) is 4.72 Å². The molecule has 1 heterocycles. The number of para-hydroxylation sites is 2. The number of sulfonamides is 1. The minimum atomic E-state index is -3.64. The van der Waals surface area contributed by atoms with E-state index in [0.717, 1.165) is 12.8 Å². The van der Waals surface area contributed by atoms with Crippen molar-refractivity contribution >= 4 is 39.7 Å². The predicted molar refractivity (Wildman–Crippen MR) is 107 cm³/mol. The van der Waals surface area contributed by atoms with Crippen LogP contribution in [0.1, 0.15) is 23.2 Å². The lowest BCUT2D eigenvalue weighted by atomic mass is 10.2. The second-order valence-corrected chi connectivity index (χ2v) is 7.82. The minimum Gasteiger partial charge on any atom is -0.397 e. The Morgan fingerprint density at radius 1 is 1.15 bits per heavy atom. The average Bonchev–Trinajstić information content (AvgIpc) is 3.16. The molecular formula is C18H22ClN3O4S. The molecule has 1 saturated heterocycles. The molecule has 146 valence electrons. The van der Waals surface area contributed by atoms with Crippen LogP contribution in [0.4, 0.5) is 11.4 Å². The molecule has 3 rings (SSSR count). The van der Waals surface area contributed by atoms with Crippen molar-refractivity contribution in [3.05, 3.63) is 54.1 Å². The van der Waals surface area contributed by atoms with Gasteiger partial charge in [-0.15, -0.1) is 12.4 Å². The zero-order valence-corrected chi connectivity index (χ0v) is 16.2. The lowest BCUT2D eigenvalue weighted by molar-refractivity contribution is 0.102. The van der Waals surface area contributed by atoms with E-state index in [-0.39, 0.29) is 35.9 Å². The molecule has 1 amide bonds. The fourth-order valence-corrected chi connectivity index (χ4v) is 3.75. The summed E-state index contributed by atoms with van der Waals surface area (Å²) in [7, 11) is -3.64. The standard InChI is InChI=1S/C18H21N3O4S.ClH/c19-16-5-1-2-6-17(16)21-18(22)13-7-9-15(10-8-13)26(23,24)20-12-14-4-3-11-25-14;/h1-2,5-10,14,20H,3-4,11-12,19H2,(H,21,22);1H. The third-order valence-electron chi connectivity index (χ3n) is 4.16. The van der Waals surface area contributed by atoms with Gasteiger partial charge in [0.05, 0.1) is 22.4 Å². The number of nitrogen functional groups attached to an aromatic ring is 1. The largest absolute Gasteiger partial charge is 0.397 e. The van der Waals surface area contributed by atoms with Crippen LogP contribution < -0.4 is 15.8 Å². The van der Waals surface area contributed by atoms with E-state index in [1.54, 1.807) is 24.3 Å². The van der Waals surface area contributed by atoms with Crippen molar-refractivity contribution in [1.29, 1.82) is 0 Å². The highest BCUT2D eigenvalue weighted by molar-refractivity contribution is 7.89. The SMILES string of the molecule is Cl.Nc1ccccc1NC(=O)c1ccc(S(=O)(=O)NCC2CCCO2)cc1.